The maximum atomic E-state index is 12.2. The molecule has 1 amide bonds. The summed E-state index contributed by atoms with van der Waals surface area (Å²) in [4.78, 5) is 38.9. The minimum Gasteiger partial charge on any atom is -0.497 e. The number of hydrogen-bond acceptors (Lipinski definition) is 5. The number of methoxy groups -OCH3 is 2. The Balaban J connectivity index is 2.32. The van der Waals surface area contributed by atoms with Gasteiger partial charge in [0.1, 0.15) is 17.2 Å². The summed E-state index contributed by atoms with van der Waals surface area (Å²) in [6, 6.07) is 4.65. The van der Waals surface area contributed by atoms with Crippen LogP contribution in [0, 0.1) is 0 Å². The second kappa shape index (κ2) is 5.95. The Morgan fingerprint density at radius 3 is 2.57 bits per heavy atom. The lowest BCUT2D eigenvalue weighted by Crippen LogP contribution is -2.26. The molecule has 0 fully saturated rings. The topological polar surface area (TPSA) is 113 Å². The van der Waals surface area contributed by atoms with Crippen LogP contribution in [0.25, 0.3) is 0 Å². The van der Waals surface area contributed by atoms with E-state index in [0.717, 1.165) is 6.20 Å². The summed E-state index contributed by atoms with van der Waals surface area (Å²) in [6.07, 6.45) is 1.12. The highest BCUT2D eigenvalue weighted by Gasteiger charge is 2.14. The van der Waals surface area contributed by atoms with E-state index < -0.39 is 17.2 Å². The van der Waals surface area contributed by atoms with Crippen LogP contribution in [0.2, 0.25) is 0 Å². The Bertz CT molecular complexity index is 778. The minimum absolute atomic E-state index is 0.0718. The molecule has 21 heavy (non-hydrogen) atoms. The van der Waals surface area contributed by atoms with Crippen molar-refractivity contribution in [3.8, 4) is 11.5 Å². The van der Waals surface area contributed by atoms with Crippen molar-refractivity contribution >= 4 is 11.6 Å². The molecule has 0 saturated heterocycles. The fraction of sp³-hybridized carbons (Fsp3) is 0.154. The van der Waals surface area contributed by atoms with E-state index in [0.29, 0.717) is 11.5 Å². The average molecular weight is 291 g/mol. The van der Waals surface area contributed by atoms with Gasteiger partial charge < -0.3 is 19.8 Å². The molecule has 0 unspecified atom stereocenters. The molecule has 8 nitrogen and oxygen atoms in total. The number of nitrogens with one attached hydrogen (secondary N) is 3. The summed E-state index contributed by atoms with van der Waals surface area (Å²) in [5.41, 5.74) is -1.19. The Hall–Kier alpha value is -3.03. The lowest BCUT2D eigenvalue weighted by atomic mass is 10.1. The maximum absolute atomic E-state index is 12.2. The highest BCUT2D eigenvalue weighted by molar-refractivity contribution is 6.06. The van der Waals surface area contributed by atoms with Crippen LogP contribution in [0.3, 0.4) is 0 Å². The van der Waals surface area contributed by atoms with Gasteiger partial charge in [-0.2, -0.15) is 0 Å². The van der Waals surface area contributed by atoms with Crippen LogP contribution in [0.1, 0.15) is 10.4 Å². The fourth-order valence-corrected chi connectivity index (χ4v) is 1.68. The number of aromatic amines is 2. The predicted molar refractivity (Wildman–Crippen MR) is 75.2 cm³/mol. The third-order valence-corrected chi connectivity index (χ3v) is 2.72. The predicted octanol–water partition coefficient (Wildman–Crippen LogP) is 0.333. The van der Waals surface area contributed by atoms with Gasteiger partial charge in [0, 0.05) is 12.3 Å². The number of ether oxygens (including phenoxy) is 2. The van der Waals surface area contributed by atoms with E-state index in [2.05, 4.69) is 10.3 Å². The normalized spacial score (nSPS) is 10.0. The molecule has 0 radical (unpaired) electrons. The highest BCUT2D eigenvalue weighted by Crippen LogP contribution is 2.24. The second-order valence-electron chi connectivity index (χ2n) is 4.01. The number of amides is 1. The van der Waals surface area contributed by atoms with Crippen molar-refractivity contribution in [2.45, 2.75) is 0 Å². The lowest BCUT2D eigenvalue weighted by molar-refractivity contribution is 0.102. The number of anilines is 1. The van der Waals surface area contributed by atoms with Crippen LogP contribution < -0.4 is 26.0 Å². The van der Waals surface area contributed by atoms with E-state index in [4.69, 9.17) is 9.47 Å². The maximum Gasteiger partial charge on any atom is 0.325 e. The van der Waals surface area contributed by atoms with Gasteiger partial charge >= 0.3 is 5.69 Å². The Kier molecular flexibility index (Phi) is 4.07. The van der Waals surface area contributed by atoms with Crippen molar-refractivity contribution in [3.63, 3.8) is 0 Å². The summed E-state index contributed by atoms with van der Waals surface area (Å²) in [5.74, 6) is 0.282. The first-order valence-electron chi connectivity index (χ1n) is 5.90. The van der Waals surface area contributed by atoms with Gasteiger partial charge in [-0.3, -0.25) is 14.6 Å². The summed E-state index contributed by atoms with van der Waals surface area (Å²) >= 11 is 0. The first-order valence-corrected chi connectivity index (χ1v) is 5.90. The molecule has 0 bridgehead atoms. The molecular formula is C13H13N3O5. The summed E-state index contributed by atoms with van der Waals surface area (Å²) < 4.78 is 10.1. The number of H-pyrrole nitrogens is 2. The van der Waals surface area contributed by atoms with E-state index in [9.17, 15) is 14.4 Å². The monoisotopic (exact) mass is 291 g/mol. The molecule has 0 aliphatic heterocycles. The molecule has 0 aliphatic rings. The van der Waals surface area contributed by atoms with Crippen LogP contribution in [-0.2, 0) is 0 Å². The van der Waals surface area contributed by atoms with Crippen molar-refractivity contribution in [2.75, 3.05) is 19.5 Å². The van der Waals surface area contributed by atoms with E-state index in [-0.39, 0.29) is 11.3 Å². The first-order chi connectivity index (χ1) is 10.0. The van der Waals surface area contributed by atoms with Crippen molar-refractivity contribution in [1.82, 2.24) is 9.97 Å². The molecule has 0 aliphatic carbocycles. The van der Waals surface area contributed by atoms with Crippen LogP contribution in [0.4, 0.5) is 5.69 Å². The largest absolute Gasteiger partial charge is 0.497 e. The number of aromatic nitrogens is 2. The first kappa shape index (κ1) is 14.4. The van der Waals surface area contributed by atoms with Crippen LogP contribution in [0.5, 0.6) is 11.5 Å². The van der Waals surface area contributed by atoms with Crippen molar-refractivity contribution in [1.29, 1.82) is 0 Å². The number of carbonyl (C=O) groups is 1. The Morgan fingerprint density at radius 1 is 1.19 bits per heavy atom. The molecule has 1 aromatic carbocycles. The van der Waals surface area contributed by atoms with Crippen LogP contribution in [-0.4, -0.2) is 30.1 Å². The third-order valence-electron chi connectivity index (χ3n) is 2.72. The molecule has 8 heteroatoms. The van der Waals surface area contributed by atoms with E-state index in [1.807, 2.05) is 4.98 Å². The van der Waals surface area contributed by atoms with E-state index in [1.165, 1.54) is 20.3 Å². The van der Waals surface area contributed by atoms with Gasteiger partial charge in [0.15, 0.2) is 0 Å². The Morgan fingerprint density at radius 2 is 1.95 bits per heavy atom. The molecule has 2 rings (SSSR count). The number of rotatable bonds is 4. The van der Waals surface area contributed by atoms with Crippen LogP contribution in [0.15, 0.2) is 34.0 Å². The quantitative estimate of drug-likeness (QED) is 0.751. The van der Waals surface area contributed by atoms with Crippen molar-refractivity contribution < 1.29 is 14.3 Å². The molecule has 110 valence electrons. The van der Waals surface area contributed by atoms with Crippen LogP contribution >= 0.6 is 0 Å². The smallest absolute Gasteiger partial charge is 0.325 e. The molecule has 0 saturated carbocycles. The molecule has 1 aromatic heterocycles. The molecular weight excluding hydrogens is 278 g/mol. The zero-order valence-electron chi connectivity index (χ0n) is 11.4. The van der Waals surface area contributed by atoms with Gasteiger partial charge in [-0.25, -0.2) is 4.79 Å². The number of benzene rings is 1. The molecule has 0 atom stereocenters. The third kappa shape index (κ3) is 3.11. The van der Waals surface area contributed by atoms with Gasteiger partial charge in [-0.1, -0.05) is 0 Å². The zero-order valence-corrected chi connectivity index (χ0v) is 11.4. The zero-order chi connectivity index (χ0) is 15.4. The summed E-state index contributed by atoms with van der Waals surface area (Å²) in [6.45, 7) is 0. The number of hydrogen-bond donors (Lipinski definition) is 3. The Labute approximate surface area is 118 Å². The van der Waals surface area contributed by atoms with Gasteiger partial charge in [-0.15, -0.1) is 0 Å². The molecule has 3 N–H and O–H groups in total. The standard InChI is InChI=1S/C13H13N3O5/c1-20-7-3-4-8(10(5-7)21-2)11(17)15-9-6-14-13(19)16-12(9)18/h3-6H,1-2H3,(H,15,17)(H2,14,16,18,19). The van der Waals surface area contributed by atoms with Gasteiger partial charge in [0.05, 0.1) is 19.8 Å². The highest BCUT2D eigenvalue weighted by atomic mass is 16.5. The molecule has 2 aromatic rings. The average Bonchev–Trinajstić information content (AvgIpc) is 2.49. The molecule has 1 heterocycles. The van der Waals surface area contributed by atoms with Crippen molar-refractivity contribution in [3.05, 3.63) is 50.8 Å². The molecule has 0 spiro atoms. The minimum atomic E-state index is -0.695. The van der Waals surface area contributed by atoms with Gasteiger partial charge in [0.2, 0.25) is 0 Å². The summed E-state index contributed by atoms with van der Waals surface area (Å²) in [7, 11) is 2.91. The number of carbonyl (C=O) groups excluding carboxylic acids is 1. The van der Waals surface area contributed by atoms with Gasteiger partial charge in [0.25, 0.3) is 11.5 Å². The van der Waals surface area contributed by atoms with Crippen molar-refractivity contribution in [2.24, 2.45) is 0 Å². The van der Waals surface area contributed by atoms with Gasteiger partial charge in [-0.05, 0) is 12.1 Å². The van der Waals surface area contributed by atoms with E-state index >= 15 is 0 Å². The lowest BCUT2D eigenvalue weighted by Gasteiger charge is -2.10. The second-order valence-corrected chi connectivity index (χ2v) is 4.01. The fourth-order valence-electron chi connectivity index (χ4n) is 1.68. The summed E-state index contributed by atoms with van der Waals surface area (Å²) in [5, 5.41) is 2.39. The SMILES string of the molecule is COc1ccc(C(=O)Nc2c[nH]c(=O)[nH]c2=O)c(OC)c1. The van der Waals surface area contributed by atoms with E-state index in [1.54, 1.807) is 12.1 Å².